The van der Waals surface area contributed by atoms with E-state index in [0.717, 1.165) is 30.1 Å². The zero-order chi connectivity index (χ0) is 19.5. The Hall–Kier alpha value is -3.09. The molecule has 4 rings (SSSR count). The summed E-state index contributed by atoms with van der Waals surface area (Å²) in [6.07, 6.45) is 6.44. The van der Waals surface area contributed by atoms with Crippen molar-refractivity contribution in [2.24, 2.45) is 0 Å². The molecule has 1 amide bonds. The first-order chi connectivity index (χ1) is 13.6. The lowest BCUT2D eigenvalue weighted by molar-refractivity contribution is -0.121. The number of hydrogen-bond acceptors (Lipinski definition) is 5. The van der Waals surface area contributed by atoms with Crippen molar-refractivity contribution in [3.8, 4) is 0 Å². The zero-order valence-corrected chi connectivity index (χ0v) is 15.9. The normalized spacial score (nSPS) is 13.3. The van der Waals surface area contributed by atoms with E-state index >= 15 is 0 Å². The molecule has 3 aromatic rings. The van der Waals surface area contributed by atoms with Crippen molar-refractivity contribution in [3.63, 3.8) is 0 Å². The van der Waals surface area contributed by atoms with Gasteiger partial charge in [0, 0.05) is 24.4 Å². The SMILES string of the molecule is Cc1nc(CCNC(=O)Cn2cnc3ccccc3c2=O)nc2c1CCCC2. The van der Waals surface area contributed by atoms with E-state index in [9.17, 15) is 9.59 Å². The number of nitrogens with one attached hydrogen (secondary N) is 1. The second kappa shape index (κ2) is 7.88. The summed E-state index contributed by atoms with van der Waals surface area (Å²) >= 11 is 0. The van der Waals surface area contributed by atoms with Crippen molar-refractivity contribution in [1.82, 2.24) is 24.8 Å². The topological polar surface area (TPSA) is 89.8 Å². The van der Waals surface area contributed by atoms with Gasteiger partial charge in [-0.15, -0.1) is 0 Å². The van der Waals surface area contributed by atoms with Crippen LogP contribution < -0.4 is 10.9 Å². The Morgan fingerprint density at radius 2 is 2.00 bits per heavy atom. The van der Waals surface area contributed by atoms with Gasteiger partial charge in [0.2, 0.25) is 5.91 Å². The molecule has 0 aliphatic heterocycles. The van der Waals surface area contributed by atoms with Crippen molar-refractivity contribution in [3.05, 3.63) is 63.7 Å². The zero-order valence-electron chi connectivity index (χ0n) is 15.9. The summed E-state index contributed by atoms with van der Waals surface area (Å²) < 4.78 is 1.33. The second-order valence-corrected chi connectivity index (χ2v) is 7.15. The maximum absolute atomic E-state index is 12.5. The van der Waals surface area contributed by atoms with E-state index in [0.29, 0.717) is 23.9 Å². The van der Waals surface area contributed by atoms with Gasteiger partial charge in [0.25, 0.3) is 5.56 Å². The number of nitrogens with zero attached hydrogens (tertiary/aromatic N) is 4. The minimum Gasteiger partial charge on any atom is -0.354 e. The molecule has 0 bridgehead atoms. The molecule has 0 spiro atoms. The van der Waals surface area contributed by atoms with E-state index in [2.05, 4.69) is 20.3 Å². The molecule has 2 heterocycles. The summed E-state index contributed by atoms with van der Waals surface area (Å²) in [5.74, 6) is 0.539. The third-order valence-corrected chi connectivity index (χ3v) is 5.15. The summed E-state index contributed by atoms with van der Waals surface area (Å²) in [4.78, 5) is 38.2. The third-order valence-electron chi connectivity index (χ3n) is 5.15. The molecule has 0 radical (unpaired) electrons. The first kappa shape index (κ1) is 18.3. The van der Waals surface area contributed by atoms with Gasteiger partial charge in [0.1, 0.15) is 12.4 Å². The average molecular weight is 377 g/mol. The van der Waals surface area contributed by atoms with Crippen LogP contribution >= 0.6 is 0 Å². The summed E-state index contributed by atoms with van der Waals surface area (Å²) in [6.45, 7) is 2.42. The van der Waals surface area contributed by atoms with Crippen LogP contribution in [0.2, 0.25) is 0 Å². The molecule has 28 heavy (non-hydrogen) atoms. The Labute approximate surface area is 162 Å². The number of amides is 1. The largest absolute Gasteiger partial charge is 0.354 e. The van der Waals surface area contributed by atoms with Gasteiger partial charge in [-0.05, 0) is 50.3 Å². The lowest BCUT2D eigenvalue weighted by Crippen LogP contribution is -2.33. The van der Waals surface area contributed by atoms with E-state index in [1.165, 1.54) is 29.3 Å². The quantitative estimate of drug-likeness (QED) is 0.731. The molecular weight excluding hydrogens is 354 g/mol. The van der Waals surface area contributed by atoms with Crippen molar-refractivity contribution in [1.29, 1.82) is 0 Å². The molecule has 1 N–H and O–H groups in total. The molecule has 0 atom stereocenters. The molecule has 0 saturated carbocycles. The van der Waals surface area contributed by atoms with Gasteiger partial charge in [0.15, 0.2) is 0 Å². The van der Waals surface area contributed by atoms with E-state index < -0.39 is 0 Å². The summed E-state index contributed by atoms with van der Waals surface area (Å²) in [5, 5.41) is 3.36. The molecule has 1 aliphatic rings. The number of rotatable bonds is 5. The number of para-hydroxylation sites is 1. The standard InChI is InChI=1S/C21H23N5O2/c1-14-15-6-2-5-9-18(15)25-19(24-14)10-11-22-20(27)12-26-13-23-17-8-4-3-7-16(17)21(26)28/h3-4,7-8,13H,2,5-6,9-12H2,1H3,(H,22,27). The molecule has 2 aromatic heterocycles. The van der Waals surface area contributed by atoms with Crippen molar-refractivity contribution in [2.45, 2.75) is 45.6 Å². The average Bonchev–Trinajstić information content (AvgIpc) is 2.70. The summed E-state index contributed by atoms with van der Waals surface area (Å²) in [7, 11) is 0. The number of fused-ring (bicyclic) bond motifs is 2. The molecule has 7 heteroatoms. The number of carbonyl (C=O) groups is 1. The van der Waals surface area contributed by atoms with Crippen LogP contribution in [0.25, 0.3) is 10.9 Å². The number of benzene rings is 1. The van der Waals surface area contributed by atoms with Gasteiger partial charge >= 0.3 is 0 Å². The summed E-state index contributed by atoms with van der Waals surface area (Å²) in [6, 6.07) is 7.11. The van der Waals surface area contributed by atoms with E-state index in [1.54, 1.807) is 18.2 Å². The van der Waals surface area contributed by atoms with Crippen LogP contribution in [0.5, 0.6) is 0 Å². The molecule has 0 unspecified atom stereocenters. The van der Waals surface area contributed by atoms with Crippen molar-refractivity contribution in [2.75, 3.05) is 6.54 Å². The second-order valence-electron chi connectivity index (χ2n) is 7.15. The van der Waals surface area contributed by atoms with Crippen molar-refractivity contribution >= 4 is 16.8 Å². The lowest BCUT2D eigenvalue weighted by Gasteiger charge is -2.17. The predicted octanol–water partition coefficient (Wildman–Crippen LogP) is 1.73. The van der Waals surface area contributed by atoms with Crippen LogP contribution in [0.4, 0.5) is 0 Å². The van der Waals surface area contributed by atoms with Crippen LogP contribution in [-0.4, -0.2) is 32.0 Å². The Kier molecular flexibility index (Phi) is 5.14. The Morgan fingerprint density at radius 1 is 1.18 bits per heavy atom. The highest BCUT2D eigenvalue weighted by Crippen LogP contribution is 2.21. The van der Waals surface area contributed by atoms with Crippen LogP contribution in [0.1, 0.15) is 35.6 Å². The maximum Gasteiger partial charge on any atom is 0.261 e. The smallest absolute Gasteiger partial charge is 0.261 e. The predicted molar refractivity (Wildman–Crippen MR) is 106 cm³/mol. The van der Waals surface area contributed by atoms with Gasteiger partial charge in [-0.3, -0.25) is 14.2 Å². The van der Waals surface area contributed by atoms with Gasteiger partial charge in [-0.25, -0.2) is 15.0 Å². The highest BCUT2D eigenvalue weighted by atomic mass is 16.2. The van der Waals surface area contributed by atoms with Crippen LogP contribution in [-0.2, 0) is 30.6 Å². The number of carbonyl (C=O) groups excluding carboxylic acids is 1. The van der Waals surface area contributed by atoms with E-state index in [-0.39, 0.29) is 18.0 Å². The van der Waals surface area contributed by atoms with Crippen LogP contribution in [0.15, 0.2) is 35.4 Å². The molecule has 7 nitrogen and oxygen atoms in total. The summed E-state index contributed by atoms with van der Waals surface area (Å²) in [5.41, 5.74) is 3.93. The fraction of sp³-hybridized carbons (Fsp3) is 0.381. The minimum absolute atomic E-state index is 0.0548. The molecule has 0 fully saturated rings. The lowest BCUT2D eigenvalue weighted by atomic mass is 9.95. The minimum atomic E-state index is -0.228. The third kappa shape index (κ3) is 3.78. The number of hydrogen-bond donors (Lipinski definition) is 1. The Balaban J connectivity index is 1.37. The van der Waals surface area contributed by atoms with E-state index in [4.69, 9.17) is 0 Å². The van der Waals surface area contributed by atoms with Gasteiger partial charge < -0.3 is 5.32 Å². The van der Waals surface area contributed by atoms with Crippen LogP contribution in [0.3, 0.4) is 0 Å². The number of aromatic nitrogens is 4. The fourth-order valence-corrected chi connectivity index (χ4v) is 3.70. The Morgan fingerprint density at radius 3 is 2.89 bits per heavy atom. The molecule has 1 aliphatic carbocycles. The van der Waals surface area contributed by atoms with Crippen LogP contribution in [0, 0.1) is 6.92 Å². The first-order valence-corrected chi connectivity index (χ1v) is 9.68. The molecule has 144 valence electrons. The van der Waals surface area contributed by atoms with Gasteiger partial charge in [-0.2, -0.15) is 0 Å². The number of aryl methyl sites for hydroxylation is 2. The Bertz CT molecular complexity index is 1090. The maximum atomic E-state index is 12.5. The fourth-order valence-electron chi connectivity index (χ4n) is 3.70. The first-order valence-electron chi connectivity index (χ1n) is 9.68. The highest BCUT2D eigenvalue weighted by Gasteiger charge is 2.15. The monoisotopic (exact) mass is 377 g/mol. The van der Waals surface area contributed by atoms with E-state index in [1.807, 2.05) is 13.0 Å². The highest BCUT2D eigenvalue weighted by molar-refractivity contribution is 5.78. The molecular formula is C21H23N5O2. The van der Waals surface area contributed by atoms with Gasteiger partial charge in [-0.1, -0.05) is 12.1 Å². The molecule has 0 saturated heterocycles. The van der Waals surface area contributed by atoms with Crippen molar-refractivity contribution < 1.29 is 4.79 Å². The van der Waals surface area contributed by atoms with Gasteiger partial charge in [0.05, 0.1) is 17.2 Å². The molecule has 1 aromatic carbocycles.